The number of unbranched alkanes of at least 4 members (excludes halogenated alkanes) is 1. The van der Waals surface area contributed by atoms with E-state index in [2.05, 4.69) is 62.0 Å². The van der Waals surface area contributed by atoms with Crippen LogP contribution < -0.4 is 15.8 Å². The number of hydrogen-bond acceptors (Lipinski definition) is 4. The highest BCUT2D eigenvalue weighted by atomic mass is 32.2. The average Bonchev–Trinajstić information content (AvgIpc) is 2.37. The first kappa shape index (κ1) is 17.2. The third kappa shape index (κ3) is 7.65. The molecule has 0 heterocycles. The van der Waals surface area contributed by atoms with Crippen LogP contribution in [0.5, 0.6) is 0 Å². The minimum absolute atomic E-state index is 0.217. The van der Waals surface area contributed by atoms with Crippen LogP contribution in [0.1, 0.15) is 47.0 Å². The van der Waals surface area contributed by atoms with Gasteiger partial charge in [0, 0.05) is 22.2 Å². The molecule has 3 nitrogen and oxygen atoms in total. The monoisotopic (exact) mass is 295 g/mol. The molecule has 1 aromatic carbocycles. The summed E-state index contributed by atoms with van der Waals surface area (Å²) in [7, 11) is 0. The lowest BCUT2D eigenvalue weighted by atomic mass is 10.1. The van der Waals surface area contributed by atoms with E-state index in [-0.39, 0.29) is 4.75 Å². The van der Waals surface area contributed by atoms with Gasteiger partial charge in [0.1, 0.15) is 0 Å². The van der Waals surface area contributed by atoms with Crippen molar-refractivity contribution in [2.75, 3.05) is 16.6 Å². The van der Waals surface area contributed by atoms with Crippen LogP contribution in [-0.2, 0) is 0 Å². The van der Waals surface area contributed by atoms with Crippen molar-refractivity contribution in [2.24, 2.45) is 5.73 Å². The lowest BCUT2D eigenvalue weighted by Crippen LogP contribution is -2.15. The summed E-state index contributed by atoms with van der Waals surface area (Å²) in [5, 5.41) is 3.52. The summed E-state index contributed by atoms with van der Waals surface area (Å²) in [4.78, 5) is 0. The predicted molar refractivity (Wildman–Crippen MR) is 93.4 cm³/mol. The SMILES string of the molecule is CC(CCCCN)Nc1ccc(NSC(C)(C)C)cc1. The van der Waals surface area contributed by atoms with E-state index >= 15 is 0 Å². The van der Waals surface area contributed by atoms with Crippen LogP contribution in [-0.4, -0.2) is 17.3 Å². The Hall–Kier alpha value is -0.870. The van der Waals surface area contributed by atoms with Crippen LogP contribution in [0.4, 0.5) is 11.4 Å². The summed E-state index contributed by atoms with van der Waals surface area (Å²) in [6.07, 6.45) is 3.46. The minimum Gasteiger partial charge on any atom is -0.383 e. The van der Waals surface area contributed by atoms with Gasteiger partial charge in [-0.3, -0.25) is 0 Å². The van der Waals surface area contributed by atoms with Crippen LogP contribution in [0, 0.1) is 0 Å². The Morgan fingerprint density at radius 1 is 1.10 bits per heavy atom. The zero-order valence-corrected chi connectivity index (χ0v) is 14.0. The second kappa shape index (κ2) is 8.42. The molecular weight excluding hydrogens is 266 g/mol. The molecule has 0 bridgehead atoms. The van der Waals surface area contributed by atoms with Gasteiger partial charge in [-0.05, 0) is 83.3 Å². The van der Waals surface area contributed by atoms with Gasteiger partial charge in [0.25, 0.3) is 0 Å². The minimum atomic E-state index is 0.217. The Morgan fingerprint density at radius 2 is 1.70 bits per heavy atom. The number of anilines is 2. The predicted octanol–water partition coefficient (Wildman–Crippen LogP) is 4.47. The van der Waals surface area contributed by atoms with Gasteiger partial charge < -0.3 is 15.8 Å². The van der Waals surface area contributed by atoms with Crippen molar-refractivity contribution in [2.45, 2.75) is 57.7 Å². The zero-order chi connectivity index (χ0) is 15.0. The quantitative estimate of drug-likeness (QED) is 0.489. The van der Waals surface area contributed by atoms with E-state index in [1.165, 1.54) is 12.1 Å². The molecule has 0 aliphatic heterocycles. The maximum atomic E-state index is 5.51. The standard InChI is InChI=1S/C16H29N3S/c1-13(7-5-6-12-17)18-14-8-10-15(11-9-14)19-20-16(2,3)4/h8-11,13,18-19H,5-7,12,17H2,1-4H3. The highest BCUT2D eigenvalue weighted by Crippen LogP contribution is 2.26. The third-order valence-electron chi connectivity index (χ3n) is 2.86. The second-order valence-corrected chi connectivity index (χ2v) is 7.86. The van der Waals surface area contributed by atoms with Gasteiger partial charge in [-0.2, -0.15) is 0 Å². The van der Waals surface area contributed by atoms with Crippen LogP contribution in [0.2, 0.25) is 0 Å². The third-order valence-corrected chi connectivity index (χ3v) is 3.81. The number of benzene rings is 1. The Balaban J connectivity index is 2.38. The number of nitrogens with two attached hydrogens (primary N) is 1. The molecule has 1 rings (SSSR count). The van der Waals surface area contributed by atoms with E-state index in [1.54, 1.807) is 11.9 Å². The second-order valence-electron chi connectivity index (χ2n) is 6.22. The fourth-order valence-corrected chi connectivity index (χ4v) is 2.36. The van der Waals surface area contributed by atoms with Gasteiger partial charge in [-0.15, -0.1) is 0 Å². The summed E-state index contributed by atoms with van der Waals surface area (Å²) in [6, 6.07) is 8.99. The Labute approximate surface area is 128 Å². The van der Waals surface area contributed by atoms with E-state index in [0.717, 1.165) is 25.1 Å². The molecule has 1 unspecified atom stereocenters. The molecule has 1 aromatic rings. The summed E-state index contributed by atoms with van der Waals surface area (Å²) in [5.41, 5.74) is 7.84. The Morgan fingerprint density at radius 3 is 2.25 bits per heavy atom. The molecule has 0 saturated carbocycles. The van der Waals surface area contributed by atoms with E-state index in [4.69, 9.17) is 5.73 Å². The van der Waals surface area contributed by atoms with Crippen molar-refractivity contribution in [1.29, 1.82) is 0 Å². The van der Waals surface area contributed by atoms with Crippen molar-refractivity contribution in [1.82, 2.24) is 0 Å². The van der Waals surface area contributed by atoms with Gasteiger partial charge in [-0.25, -0.2) is 0 Å². The van der Waals surface area contributed by atoms with E-state index < -0.39 is 0 Å². The molecule has 0 amide bonds. The molecular formula is C16H29N3S. The normalized spacial score (nSPS) is 13.1. The molecule has 0 saturated heterocycles. The van der Waals surface area contributed by atoms with Crippen molar-refractivity contribution in [3.8, 4) is 0 Å². The molecule has 0 aliphatic rings. The fraction of sp³-hybridized carbons (Fsp3) is 0.625. The van der Waals surface area contributed by atoms with Crippen LogP contribution in [0.3, 0.4) is 0 Å². The zero-order valence-electron chi connectivity index (χ0n) is 13.2. The molecule has 4 N–H and O–H groups in total. The molecule has 4 heteroatoms. The summed E-state index contributed by atoms with van der Waals surface area (Å²) >= 11 is 1.74. The topological polar surface area (TPSA) is 50.1 Å². The van der Waals surface area contributed by atoms with Crippen molar-refractivity contribution in [3.63, 3.8) is 0 Å². The van der Waals surface area contributed by atoms with Crippen molar-refractivity contribution in [3.05, 3.63) is 24.3 Å². The first-order valence-corrected chi connectivity index (χ1v) is 8.23. The molecule has 0 radical (unpaired) electrons. The first-order chi connectivity index (χ1) is 9.40. The van der Waals surface area contributed by atoms with Crippen molar-refractivity contribution < 1.29 is 0 Å². The summed E-state index contributed by atoms with van der Waals surface area (Å²) < 4.78 is 3.60. The van der Waals surface area contributed by atoms with Gasteiger partial charge in [-0.1, -0.05) is 6.42 Å². The molecule has 0 spiro atoms. The highest BCUT2D eigenvalue weighted by Gasteiger charge is 2.10. The molecule has 0 aliphatic carbocycles. The maximum Gasteiger partial charge on any atom is 0.0441 e. The molecule has 0 fully saturated rings. The number of rotatable bonds is 8. The lowest BCUT2D eigenvalue weighted by Gasteiger charge is -2.19. The fourth-order valence-electron chi connectivity index (χ4n) is 1.80. The molecule has 0 aromatic heterocycles. The molecule has 20 heavy (non-hydrogen) atoms. The van der Waals surface area contributed by atoms with Gasteiger partial charge in [0.2, 0.25) is 0 Å². The van der Waals surface area contributed by atoms with Gasteiger partial charge >= 0.3 is 0 Å². The highest BCUT2D eigenvalue weighted by molar-refractivity contribution is 8.01. The smallest absolute Gasteiger partial charge is 0.0441 e. The Kier molecular flexibility index (Phi) is 7.24. The van der Waals surface area contributed by atoms with Crippen LogP contribution >= 0.6 is 11.9 Å². The average molecular weight is 295 g/mol. The Bertz CT molecular complexity index is 370. The lowest BCUT2D eigenvalue weighted by molar-refractivity contribution is 0.628. The summed E-state index contributed by atoms with van der Waals surface area (Å²) in [6.45, 7) is 9.60. The number of hydrogen-bond donors (Lipinski definition) is 3. The van der Waals surface area contributed by atoms with Crippen molar-refractivity contribution >= 4 is 23.3 Å². The summed E-state index contributed by atoms with van der Waals surface area (Å²) in [5.74, 6) is 0. The van der Waals surface area contributed by atoms with Gasteiger partial charge in [0.05, 0.1) is 0 Å². The maximum absolute atomic E-state index is 5.51. The van der Waals surface area contributed by atoms with E-state index in [9.17, 15) is 0 Å². The van der Waals surface area contributed by atoms with Crippen LogP contribution in [0.15, 0.2) is 24.3 Å². The molecule has 1 atom stereocenters. The van der Waals surface area contributed by atoms with E-state index in [1.807, 2.05) is 0 Å². The first-order valence-electron chi connectivity index (χ1n) is 7.41. The van der Waals surface area contributed by atoms with Crippen LogP contribution in [0.25, 0.3) is 0 Å². The number of nitrogens with one attached hydrogen (secondary N) is 2. The van der Waals surface area contributed by atoms with E-state index in [0.29, 0.717) is 6.04 Å². The molecule has 114 valence electrons. The largest absolute Gasteiger partial charge is 0.383 e. The van der Waals surface area contributed by atoms with Gasteiger partial charge in [0.15, 0.2) is 0 Å².